The number of aliphatic imine (C=N–C) groups is 1. The lowest BCUT2D eigenvalue weighted by Gasteiger charge is -2.41. The minimum absolute atomic E-state index is 0. The van der Waals surface area contributed by atoms with E-state index in [0.29, 0.717) is 25.6 Å². The molecule has 0 aromatic carbocycles. The Balaban J connectivity index is 0.00000420. The fourth-order valence-corrected chi connectivity index (χ4v) is 2.76. The summed E-state index contributed by atoms with van der Waals surface area (Å²) in [5.41, 5.74) is -1.04. The fourth-order valence-electron chi connectivity index (χ4n) is 2.76. The lowest BCUT2D eigenvalue weighted by molar-refractivity contribution is -0.141. The molecular weight excluding hydrogens is 502 g/mol. The average Bonchev–Trinajstić information content (AvgIpc) is 2.67. The standard InChI is InChI=1S/C17H28F3N7O.HI/c1-16(2,27-8-10-28-11-9-27)12-25-14(21-3)23-6-7-24-15-22-5-4-13(26-15)17(18,19)20;/h4-5H,6-12H2,1-3H3,(H2,21,23,25)(H,22,24,26);1H. The van der Waals surface area contributed by atoms with E-state index >= 15 is 0 Å². The van der Waals surface area contributed by atoms with E-state index in [-0.39, 0.29) is 35.5 Å². The number of nitrogens with zero attached hydrogens (tertiary/aromatic N) is 4. The second-order valence-electron chi connectivity index (χ2n) is 6.95. The van der Waals surface area contributed by atoms with Crippen LogP contribution in [0.4, 0.5) is 19.1 Å². The molecule has 1 saturated heterocycles. The molecule has 166 valence electrons. The van der Waals surface area contributed by atoms with Crippen molar-refractivity contribution in [2.45, 2.75) is 25.6 Å². The lowest BCUT2D eigenvalue weighted by atomic mass is 10.0. The van der Waals surface area contributed by atoms with Crippen LogP contribution in [0.5, 0.6) is 0 Å². The SMILES string of the molecule is CN=C(NCCNc1nccc(C(F)(F)F)n1)NCC(C)(C)N1CCOCC1.I. The fraction of sp³-hybridized carbons (Fsp3) is 0.706. The highest BCUT2D eigenvalue weighted by molar-refractivity contribution is 14.0. The second-order valence-corrected chi connectivity index (χ2v) is 6.95. The van der Waals surface area contributed by atoms with Crippen molar-refractivity contribution in [3.63, 3.8) is 0 Å². The molecule has 0 bridgehead atoms. The van der Waals surface area contributed by atoms with Crippen LogP contribution in [0, 0.1) is 0 Å². The lowest BCUT2D eigenvalue weighted by Crippen LogP contribution is -2.56. The van der Waals surface area contributed by atoms with Crippen LogP contribution in [-0.2, 0) is 10.9 Å². The van der Waals surface area contributed by atoms with E-state index in [2.05, 4.69) is 49.7 Å². The Morgan fingerprint density at radius 3 is 2.52 bits per heavy atom. The molecule has 1 aliphatic rings. The van der Waals surface area contributed by atoms with E-state index in [1.807, 2.05) is 0 Å². The van der Waals surface area contributed by atoms with Crippen molar-refractivity contribution in [2.75, 3.05) is 58.3 Å². The minimum atomic E-state index is -4.49. The zero-order valence-electron chi connectivity index (χ0n) is 16.8. The van der Waals surface area contributed by atoms with Crippen molar-refractivity contribution >= 4 is 35.9 Å². The third-order valence-corrected chi connectivity index (χ3v) is 4.43. The maximum absolute atomic E-state index is 12.7. The Morgan fingerprint density at radius 2 is 1.90 bits per heavy atom. The zero-order valence-corrected chi connectivity index (χ0v) is 19.2. The number of anilines is 1. The molecule has 0 unspecified atom stereocenters. The number of guanidine groups is 1. The molecule has 2 rings (SSSR count). The predicted molar refractivity (Wildman–Crippen MR) is 117 cm³/mol. The van der Waals surface area contributed by atoms with E-state index in [4.69, 9.17) is 4.74 Å². The molecule has 0 saturated carbocycles. The summed E-state index contributed by atoms with van der Waals surface area (Å²) < 4.78 is 43.4. The van der Waals surface area contributed by atoms with E-state index in [1.165, 1.54) is 0 Å². The van der Waals surface area contributed by atoms with Gasteiger partial charge in [-0.25, -0.2) is 9.97 Å². The monoisotopic (exact) mass is 531 g/mol. The number of nitrogens with one attached hydrogen (secondary N) is 3. The Labute approximate surface area is 186 Å². The summed E-state index contributed by atoms with van der Waals surface area (Å²) in [4.78, 5) is 13.8. The maximum Gasteiger partial charge on any atom is 0.433 e. The van der Waals surface area contributed by atoms with Crippen molar-refractivity contribution in [2.24, 2.45) is 4.99 Å². The molecule has 0 atom stereocenters. The summed E-state index contributed by atoms with van der Waals surface area (Å²) in [5.74, 6) is 0.557. The quantitative estimate of drug-likeness (QED) is 0.214. The molecule has 0 amide bonds. The number of morpholine rings is 1. The topological polar surface area (TPSA) is 86.7 Å². The van der Waals surface area contributed by atoms with E-state index in [9.17, 15) is 13.2 Å². The van der Waals surface area contributed by atoms with Gasteiger partial charge in [-0.2, -0.15) is 13.2 Å². The van der Waals surface area contributed by atoms with Gasteiger partial charge in [0.1, 0.15) is 5.69 Å². The number of halogens is 4. The first-order valence-electron chi connectivity index (χ1n) is 9.14. The molecule has 3 N–H and O–H groups in total. The van der Waals surface area contributed by atoms with Crippen LogP contribution in [-0.4, -0.2) is 79.4 Å². The normalized spacial score (nSPS) is 16.1. The van der Waals surface area contributed by atoms with Gasteiger partial charge in [-0.15, -0.1) is 24.0 Å². The molecule has 0 aliphatic carbocycles. The first-order valence-corrected chi connectivity index (χ1v) is 9.14. The van der Waals surface area contributed by atoms with E-state index < -0.39 is 11.9 Å². The highest BCUT2D eigenvalue weighted by Crippen LogP contribution is 2.27. The van der Waals surface area contributed by atoms with Crippen molar-refractivity contribution < 1.29 is 17.9 Å². The summed E-state index contributed by atoms with van der Waals surface area (Å²) in [7, 11) is 1.67. The van der Waals surface area contributed by atoms with E-state index in [1.54, 1.807) is 7.05 Å². The van der Waals surface area contributed by atoms with Crippen LogP contribution in [0.1, 0.15) is 19.5 Å². The smallest absolute Gasteiger partial charge is 0.379 e. The van der Waals surface area contributed by atoms with Crippen LogP contribution >= 0.6 is 24.0 Å². The molecular formula is C17H29F3IN7O. The number of ether oxygens (including phenoxy) is 1. The maximum atomic E-state index is 12.7. The van der Waals surface area contributed by atoms with Gasteiger partial charge in [-0.3, -0.25) is 9.89 Å². The van der Waals surface area contributed by atoms with Crippen molar-refractivity contribution in [1.82, 2.24) is 25.5 Å². The number of rotatable bonds is 7. The zero-order chi connectivity index (χ0) is 20.6. The van der Waals surface area contributed by atoms with E-state index in [0.717, 1.165) is 38.6 Å². The van der Waals surface area contributed by atoms with Gasteiger partial charge in [0.2, 0.25) is 5.95 Å². The van der Waals surface area contributed by atoms with Crippen LogP contribution < -0.4 is 16.0 Å². The molecule has 2 heterocycles. The van der Waals surface area contributed by atoms with Gasteiger partial charge in [0, 0.05) is 51.5 Å². The highest BCUT2D eigenvalue weighted by atomic mass is 127. The third kappa shape index (κ3) is 8.46. The average molecular weight is 531 g/mol. The van der Waals surface area contributed by atoms with Crippen molar-refractivity contribution in [3.8, 4) is 0 Å². The summed E-state index contributed by atoms with van der Waals surface area (Å²) in [5, 5.41) is 9.17. The molecule has 8 nitrogen and oxygen atoms in total. The van der Waals surface area contributed by atoms with Gasteiger partial charge in [0.15, 0.2) is 5.96 Å². The van der Waals surface area contributed by atoms with Gasteiger partial charge >= 0.3 is 6.18 Å². The molecule has 0 radical (unpaired) electrons. The first kappa shape index (κ1) is 25.6. The number of alkyl halides is 3. The van der Waals surface area contributed by atoms with Gasteiger partial charge in [-0.1, -0.05) is 0 Å². The van der Waals surface area contributed by atoms with Crippen molar-refractivity contribution in [1.29, 1.82) is 0 Å². The Bertz CT molecular complexity index is 652. The Kier molecular flexibility index (Phi) is 10.3. The number of hydrogen-bond acceptors (Lipinski definition) is 6. The predicted octanol–water partition coefficient (Wildman–Crippen LogP) is 1.80. The summed E-state index contributed by atoms with van der Waals surface area (Å²) in [6, 6.07) is 0.839. The molecule has 1 aliphatic heterocycles. The van der Waals surface area contributed by atoms with Crippen molar-refractivity contribution in [3.05, 3.63) is 18.0 Å². The van der Waals surface area contributed by atoms with Gasteiger partial charge in [0.05, 0.1) is 13.2 Å². The third-order valence-electron chi connectivity index (χ3n) is 4.43. The van der Waals surface area contributed by atoms with Crippen LogP contribution in [0.3, 0.4) is 0 Å². The highest BCUT2D eigenvalue weighted by Gasteiger charge is 2.32. The Morgan fingerprint density at radius 1 is 1.21 bits per heavy atom. The summed E-state index contributed by atoms with van der Waals surface area (Å²) in [6.07, 6.45) is -3.41. The van der Waals surface area contributed by atoms with Gasteiger partial charge < -0.3 is 20.7 Å². The summed E-state index contributed by atoms with van der Waals surface area (Å²) in [6.45, 7) is 9.04. The molecule has 0 spiro atoms. The molecule has 1 aromatic heterocycles. The second kappa shape index (κ2) is 11.7. The van der Waals surface area contributed by atoms with Crippen LogP contribution in [0.15, 0.2) is 17.3 Å². The molecule has 1 fully saturated rings. The van der Waals surface area contributed by atoms with Crippen LogP contribution in [0.25, 0.3) is 0 Å². The Hall–Kier alpha value is -1.41. The largest absolute Gasteiger partial charge is 0.433 e. The minimum Gasteiger partial charge on any atom is -0.379 e. The van der Waals surface area contributed by atoms with Gasteiger partial charge in [-0.05, 0) is 19.9 Å². The number of aromatic nitrogens is 2. The molecule has 12 heteroatoms. The first-order chi connectivity index (χ1) is 13.2. The number of hydrogen-bond donors (Lipinski definition) is 3. The molecule has 29 heavy (non-hydrogen) atoms. The summed E-state index contributed by atoms with van der Waals surface area (Å²) >= 11 is 0. The molecule has 1 aromatic rings. The van der Waals surface area contributed by atoms with Crippen LogP contribution in [0.2, 0.25) is 0 Å². The van der Waals surface area contributed by atoms with Gasteiger partial charge in [0.25, 0.3) is 0 Å².